The van der Waals surface area contributed by atoms with Crippen LogP contribution in [-0.2, 0) is 4.74 Å². The third-order valence-electron chi connectivity index (χ3n) is 2.22. The SMILES string of the molecule is CCC1CN(C[C@H](C)N)CCO1. The van der Waals surface area contributed by atoms with Crippen LogP contribution in [0.3, 0.4) is 0 Å². The molecule has 3 nitrogen and oxygen atoms in total. The number of nitrogens with two attached hydrogens (primary N) is 1. The maximum absolute atomic E-state index is 5.73. The van der Waals surface area contributed by atoms with E-state index < -0.39 is 0 Å². The summed E-state index contributed by atoms with van der Waals surface area (Å²) in [6, 6.07) is 0.278. The highest BCUT2D eigenvalue weighted by atomic mass is 16.5. The Balaban J connectivity index is 2.25. The average molecular weight is 172 g/mol. The number of rotatable bonds is 3. The molecule has 0 amide bonds. The van der Waals surface area contributed by atoms with Gasteiger partial charge in [-0.05, 0) is 13.3 Å². The first kappa shape index (κ1) is 9.96. The van der Waals surface area contributed by atoms with Crippen molar-refractivity contribution in [3.63, 3.8) is 0 Å². The highest BCUT2D eigenvalue weighted by Gasteiger charge is 2.18. The van der Waals surface area contributed by atoms with Gasteiger partial charge in [0.25, 0.3) is 0 Å². The van der Waals surface area contributed by atoms with Gasteiger partial charge in [0, 0.05) is 25.7 Å². The second-order valence-corrected chi connectivity index (χ2v) is 3.64. The number of nitrogens with zero attached hydrogens (tertiary/aromatic N) is 1. The van der Waals surface area contributed by atoms with Crippen LogP contribution in [0, 0.1) is 0 Å². The average Bonchev–Trinajstić information content (AvgIpc) is 2.03. The first-order valence-corrected chi connectivity index (χ1v) is 4.82. The second kappa shape index (κ2) is 4.80. The quantitative estimate of drug-likeness (QED) is 0.671. The first-order valence-electron chi connectivity index (χ1n) is 4.82. The highest BCUT2D eigenvalue weighted by Crippen LogP contribution is 2.07. The zero-order valence-corrected chi connectivity index (χ0v) is 8.12. The molecular weight excluding hydrogens is 152 g/mol. The number of hydrogen-bond donors (Lipinski definition) is 1. The van der Waals surface area contributed by atoms with Gasteiger partial charge in [-0.15, -0.1) is 0 Å². The molecule has 1 saturated heterocycles. The van der Waals surface area contributed by atoms with E-state index in [1.165, 1.54) is 0 Å². The lowest BCUT2D eigenvalue weighted by molar-refractivity contribution is -0.0306. The Hall–Kier alpha value is -0.120. The summed E-state index contributed by atoms with van der Waals surface area (Å²) in [7, 11) is 0. The third kappa shape index (κ3) is 3.09. The van der Waals surface area contributed by atoms with E-state index >= 15 is 0 Å². The molecule has 3 heteroatoms. The maximum atomic E-state index is 5.73. The van der Waals surface area contributed by atoms with Crippen LogP contribution in [0.1, 0.15) is 20.3 Å². The molecule has 0 aromatic carbocycles. The van der Waals surface area contributed by atoms with Crippen molar-refractivity contribution < 1.29 is 4.74 Å². The monoisotopic (exact) mass is 172 g/mol. The lowest BCUT2D eigenvalue weighted by atomic mass is 10.2. The largest absolute Gasteiger partial charge is 0.376 e. The smallest absolute Gasteiger partial charge is 0.0700 e. The van der Waals surface area contributed by atoms with E-state index in [1.807, 2.05) is 0 Å². The topological polar surface area (TPSA) is 38.5 Å². The van der Waals surface area contributed by atoms with Crippen LogP contribution in [0.5, 0.6) is 0 Å². The summed E-state index contributed by atoms with van der Waals surface area (Å²) < 4.78 is 5.56. The number of hydrogen-bond acceptors (Lipinski definition) is 3. The Morgan fingerprint density at radius 1 is 1.67 bits per heavy atom. The molecule has 0 aromatic heterocycles. The maximum Gasteiger partial charge on any atom is 0.0700 e. The van der Waals surface area contributed by atoms with E-state index in [-0.39, 0.29) is 6.04 Å². The molecule has 0 aliphatic carbocycles. The van der Waals surface area contributed by atoms with Crippen molar-refractivity contribution in [2.75, 3.05) is 26.2 Å². The van der Waals surface area contributed by atoms with Gasteiger partial charge >= 0.3 is 0 Å². The normalized spacial score (nSPS) is 28.8. The zero-order valence-electron chi connectivity index (χ0n) is 8.12. The van der Waals surface area contributed by atoms with E-state index in [1.54, 1.807) is 0 Å². The summed E-state index contributed by atoms with van der Waals surface area (Å²) in [5, 5.41) is 0. The van der Waals surface area contributed by atoms with Gasteiger partial charge in [-0.3, -0.25) is 4.90 Å². The summed E-state index contributed by atoms with van der Waals surface area (Å²) in [5.74, 6) is 0. The van der Waals surface area contributed by atoms with Crippen LogP contribution in [0.15, 0.2) is 0 Å². The van der Waals surface area contributed by atoms with Crippen molar-refractivity contribution in [2.45, 2.75) is 32.4 Å². The van der Waals surface area contributed by atoms with Gasteiger partial charge in [0.2, 0.25) is 0 Å². The Bertz CT molecular complexity index is 128. The van der Waals surface area contributed by atoms with E-state index in [4.69, 9.17) is 10.5 Å². The summed E-state index contributed by atoms with van der Waals surface area (Å²) in [4.78, 5) is 2.39. The lowest BCUT2D eigenvalue weighted by Crippen LogP contribution is -2.46. The van der Waals surface area contributed by atoms with E-state index in [2.05, 4.69) is 18.7 Å². The van der Waals surface area contributed by atoms with Crippen molar-refractivity contribution in [3.8, 4) is 0 Å². The zero-order chi connectivity index (χ0) is 8.97. The Morgan fingerprint density at radius 3 is 3.00 bits per heavy atom. The van der Waals surface area contributed by atoms with Gasteiger partial charge in [0.1, 0.15) is 0 Å². The molecule has 0 aromatic rings. The van der Waals surface area contributed by atoms with Crippen molar-refractivity contribution in [1.29, 1.82) is 0 Å². The van der Waals surface area contributed by atoms with Crippen LogP contribution in [-0.4, -0.2) is 43.3 Å². The first-order chi connectivity index (χ1) is 5.72. The predicted molar refractivity (Wildman–Crippen MR) is 50.1 cm³/mol. The molecule has 2 N–H and O–H groups in total. The summed E-state index contributed by atoms with van der Waals surface area (Å²) in [6.07, 6.45) is 1.53. The van der Waals surface area contributed by atoms with Crippen LogP contribution < -0.4 is 5.73 Å². The Kier molecular flexibility index (Phi) is 3.98. The fourth-order valence-corrected chi connectivity index (χ4v) is 1.60. The summed E-state index contributed by atoms with van der Waals surface area (Å²) in [6.45, 7) is 8.18. The molecule has 72 valence electrons. The fraction of sp³-hybridized carbons (Fsp3) is 1.00. The van der Waals surface area contributed by atoms with Gasteiger partial charge in [-0.1, -0.05) is 6.92 Å². The summed E-state index contributed by atoms with van der Waals surface area (Å²) >= 11 is 0. The molecule has 12 heavy (non-hydrogen) atoms. The van der Waals surface area contributed by atoms with Gasteiger partial charge in [0.05, 0.1) is 12.7 Å². The minimum absolute atomic E-state index is 0.278. The molecule has 1 unspecified atom stereocenters. The van der Waals surface area contributed by atoms with Crippen LogP contribution in [0.4, 0.5) is 0 Å². The molecule has 1 aliphatic rings. The van der Waals surface area contributed by atoms with Crippen LogP contribution in [0.2, 0.25) is 0 Å². The molecular formula is C9H20N2O. The van der Waals surface area contributed by atoms with Gasteiger partial charge in [-0.2, -0.15) is 0 Å². The Morgan fingerprint density at radius 2 is 2.42 bits per heavy atom. The Labute approximate surface area is 74.9 Å². The van der Waals surface area contributed by atoms with Crippen molar-refractivity contribution >= 4 is 0 Å². The van der Waals surface area contributed by atoms with Crippen LogP contribution >= 0.6 is 0 Å². The molecule has 1 rings (SSSR count). The van der Waals surface area contributed by atoms with E-state index in [9.17, 15) is 0 Å². The van der Waals surface area contributed by atoms with E-state index in [0.29, 0.717) is 6.10 Å². The minimum atomic E-state index is 0.278. The summed E-state index contributed by atoms with van der Waals surface area (Å²) in [5.41, 5.74) is 5.73. The highest BCUT2D eigenvalue weighted by molar-refractivity contribution is 4.72. The standard InChI is InChI=1S/C9H20N2O/c1-3-9-7-11(4-5-12-9)6-8(2)10/h8-9H,3-7,10H2,1-2H3/t8-,9?/m0/s1. The van der Waals surface area contributed by atoms with Gasteiger partial charge < -0.3 is 10.5 Å². The lowest BCUT2D eigenvalue weighted by Gasteiger charge is -2.33. The molecule has 0 saturated carbocycles. The van der Waals surface area contributed by atoms with Crippen LogP contribution in [0.25, 0.3) is 0 Å². The van der Waals surface area contributed by atoms with Gasteiger partial charge in [-0.25, -0.2) is 0 Å². The molecule has 0 radical (unpaired) electrons. The molecule has 2 atom stereocenters. The minimum Gasteiger partial charge on any atom is -0.376 e. The number of morpholine rings is 1. The third-order valence-corrected chi connectivity index (χ3v) is 2.22. The fourth-order valence-electron chi connectivity index (χ4n) is 1.60. The van der Waals surface area contributed by atoms with E-state index in [0.717, 1.165) is 32.7 Å². The van der Waals surface area contributed by atoms with Gasteiger partial charge in [0.15, 0.2) is 0 Å². The molecule has 1 aliphatic heterocycles. The predicted octanol–water partition coefficient (Wildman–Crippen LogP) is 0.444. The van der Waals surface area contributed by atoms with Crippen molar-refractivity contribution in [1.82, 2.24) is 4.90 Å². The molecule has 0 spiro atoms. The second-order valence-electron chi connectivity index (χ2n) is 3.64. The molecule has 1 heterocycles. The molecule has 1 fully saturated rings. The number of ether oxygens (including phenoxy) is 1. The molecule has 0 bridgehead atoms. The van der Waals surface area contributed by atoms with Crippen molar-refractivity contribution in [3.05, 3.63) is 0 Å². The van der Waals surface area contributed by atoms with Crippen molar-refractivity contribution in [2.24, 2.45) is 5.73 Å².